The number of thiazole rings is 1. The number of benzene rings is 4. The zero-order chi connectivity index (χ0) is 30.8. The van der Waals surface area contributed by atoms with Gasteiger partial charge in [0, 0.05) is 30.4 Å². The van der Waals surface area contributed by atoms with Crippen LogP contribution in [0.25, 0.3) is 45.1 Å². The zero-order valence-corrected chi connectivity index (χ0v) is 25.0. The second-order valence-electron chi connectivity index (χ2n) is 10.5. The Morgan fingerprint density at radius 3 is 2.27 bits per heavy atom. The minimum absolute atomic E-state index is 0.0724. The summed E-state index contributed by atoms with van der Waals surface area (Å²) in [7, 11) is 0. The largest absolute Gasteiger partial charge is 0.378 e. The van der Waals surface area contributed by atoms with Gasteiger partial charge >= 0.3 is 0 Å². The van der Waals surface area contributed by atoms with Crippen molar-refractivity contribution in [2.45, 2.75) is 0 Å². The Morgan fingerprint density at radius 1 is 0.867 bits per heavy atom. The van der Waals surface area contributed by atoms with Crippen LogP contribution in [0.15, 0.2) is 114 Å². The van der Waals surface area contributed by atoms with Gasteiger partial charge in [0.25, 0.3) is 11.5 Å². The van der Waals surface area contributed by atoms with E-state index in [2.05, 4.69) is 24.3 Å². The number of amides is 1. The molecule has 0 saturated carbocycles. The molecule has 2 aromatic heterocycles. The average molecular weight is 610 g/mol. The predicted molar refractivity (Wildman–Crippen MR) is 176 cm³/mol. The molecule has 1 amide bonds. The summed E-state index contributed by atoms with van der Waals surface area (Å²) in [5.41, 5.74) is 3.44. The molecule has 4 aromatic carbocycles. The molecule has 0 unspecified atom stereocenters. The molecule has 6 aromatic rings. The van der Waals surface area contributed by atoms with Gasteiger partial charge in [0.2, 0.25) is 0 Å². The van der Waals surface area contributed by atoms with E-state index in [1.807, 2.05) is 89.8 Å². The maximum absolute atomic E-state index is 14.2. The molecule has 0 aliphatic carbocycles. The fourth-order valence-corrected chi connectivity index (χ4v) is 6.65. The predicted octanol–water partition coefficient (Wildman–Crippen LogP) is 4.27. The number of aromatic nitrogens is 3. The number of carbonyl (C=O) groups excluding carboxylic acids is 1. The van der Waals surface area contributed by atoms with E-state index in [0.29, 0.717) is 46.9 Å². The highest BCUT2D eigenvalue weighted by molar-refractivity contribution is 7.07. The molecule has 0 radical (unpaired) electrons. The Kier molecular flexibility index (Phi) is 7.66. The van der Waals surface area contributed by atoms with E-state index in [4.69, 9.17) is 9.84 Å². The van der Waals surface area contributed by atoms with Crippen molar-refractivity contribution in [2.75, 3.05) is 26.3 Å². The van der Waals surface area contributed by atoms with E-state index in [-0.39, 0.29) is 11.1 Å². The van der Waals surface area contributed by atoms with Crippen LogP contribution in [0.2, 0.25) is 0 Å². The third-order valence-electron chi connectivity index (χ3n) is 7.77. The molecule has 220 valence electrons. The number of ether oxygens (including phenoxy) is 1. The molecule has 0 atom stereocenters. The van der Waals surface area contributed by atoms with Crippen LogP contribution >= 0.6 is 11.3 Å². The molecule has 9 heteroatoms. The highest BCUT2D eigenvalue weighted by Crippen LogP contribution is 2.31. The summed E-state index contributed by atoms with van der Waals surface area (Å²) in [5.74, 6) is -0.411. The first-order valence-corrected chi connectivity index (χ1v) is 15.4. The molecule has 1 aliphatic heterocycles. The fraction of sp³-hybridized carbons (Fsp3) is 0.111. The minimum atomic E-state index is -0.411. The Hall–Kier alpha value is -5.56. The lowest BCUT2D eigenvalue weighted by molar-refractivity contribution is -0.128. The summed E-state index contributed by atoms with van der Waals surface area (Å²) < 4.78 is 9.35. The summed E-state index contributed by atoms with van der Waals surface area (Å²) in [6.45, 7) is 1.58. The molecule has 45 heavy (non-hydrogen) atoms. The molecule has 0 spiro atoms. The maximum Gasteiger partial charge on any atom is 0.273 e. The van der Waals surface area contributed by atoms with Gasteiger partial charge in [-0.25, -0.2) is 4.68 Å². The van der Waals surface area contributed by atoms with Crippen LogP contribution in [-0.4, -0.2) is 51.5 Å². The number of morpholine rings is 1. The number of fused-ring (bicyclic) bond motifs is 1. The molecule has 0 bridgehead atoms. The van der Waals surface area contributed by atoms with Crippen LogP contribution in [0.3, 0.4) is 0 Å². The monoisotopic (exact) mass is 609 g/mol. The normalized spacial score (nSPS) is 14.4. The van der Waals surface area contributed by atoms with Crippen molar-refractivity contribution in [1.29, 1.82) is 5.26 Å². The second-order valence-corrected chi connectivity index (χ2v) is 11.6. The number of para-hydroxylation sites is 2. The van der Waals surface area contributed by atoms with Crippen molar-refractivity contribution in [2.24, 2.45) is 0 Å². The van der Waals surface area contributed by atoms with Crippen molar-refractivity contribution in [1.82, 2.24) is 19.2 Å². The lowest BCUT2D eigenvalue weighted by Crippen LogP contribution is -2.42. The van der Waals surface area contributed by atoms with Crippen LogP contribution in [0.4, 0.5) is 0 Å². The van der Waals surface area contributed by atoms with E-state index in [1.165, 1.54) is 4.57 Å². The Bertz CT molecular complexity index is 2250. The van der Waals surface area contributed by atoms with Crippen molar-refractivity contribution in [3.8, 4) is 28.7 Å². The van der Waals surface area contributed by atoms with Crippen molar-refractivity contribution >= 4 is 39.7 Å². The number of carbonyl (C=O) groups is 1. The molecule has 1 saturated heterocycles. The van der Waals surface area contributed by atoms with E-state index in [1.54, 1.807) is 17.0 Å². The Morgan fingerprint density at radius 2 is 1.53 bits per heavy atom. The molecular formula is C36H27N5O3S. The fourth-order valence-electron chi connectivity index (χ4n) is 5.56. The van der Waals surface area contributed by atoms with Crippen LogP contribution < -0.4 is 14.8 Å². The first-order chi connectivity index (χ1) is 22.1. The number of nitrogens with zero attached hydrogens (tertiary/aromatic N) is 5. The van der Waals surface area contributed by atoms with Crippen molar-refractivity contribution in [3.05, 3.63) is 134 Å². The van der Waals surface area contributed by atoms with Crippen molar-refractivity contribution in [3.63, 3.8) is 0 Å². The van der Waals surface area contributed by atoms with E-state index < -0.39 is 5.91 Å². The van der Waals surface area contributed by atoms with E-state index in [0.717, 1.165) is 38.9 Å². The zero-order valence-electron chi connectivity index (χ0n) is 24.2. The molecule has 0 N–H and O–H groups in total. The van der Waals surface area contributed by atoms with Gasteiger partial charge in [-0.2, -0.15) is 10.4 Å². The number of nitriles is 1. The van der Waals surface area contributed by atoms with Gasteiger partial charge in [-0.1, -0.05) is 78.9 Å². The average Bonchev–Trinajstić information content (AvgIpc) is 3.66. The molecule has 3 heterocycles. The molecule has 7 rings (SSSR count). The molecular weight excluding hydrogens is 582 g/mol. The quantitative estimate of drug-likeness (QED) is 0.291. The summed E-state index contributed by atoms with van der Waals surface area (Å²) in [4.78, 5) is 29.4. The third kappa shape index (κ3) is 5.38. The summed E-state index contributed by atoms with van der Waals surface area (Å²) in [5, 5.41) is 17.4. The van der Waals surface area contributed by atoms with Crippen LogP contribution in [0.5, 0.6) is 0 Å². The number of hydrogen-bond donors (Lipinski definition) is 0. The van der Waals surface area contributed by atoms with E-state index >= 15 is 0 Å². The standard InChI is InChI=1S/C36H27N5O3S/c37-23-31(34(42)39-18-20-44-21-19-39)36-41(28-14-5-2-6-15-28)35(43)32(45-36)22-26-24-40(27-12-3-1-4-13-27)38-33(26)30-17-9-11-25-10-7-8-16-29(25)30/h1-17,22,24H,18-21H2/b32-22+,36-31-. The van der Waals surface area contributed by atoms with Gasteiger partial charge < -0.3 is 9.64 Å². The minimum Gasteiger partial charge on any atom is -0.378 e. The Labute approximate surface area is 262 Å². The van der Waals surface area contributed by atoms with E-state index in [9.17, 15) is 14.9 Å². The maximum atomic E-state index is 14.2. The van der Waals surface area contributed by atoms with Gasteiger partial charge in [0.1, 0.15) is 16.4 Å². The summed E-state index contributed by atoms with van der Waals surface area (Å²) >= 11 is 1.13. The first kappa shape index (κ1) is 28.2. The number of hydrogen-bond acceptors (Lipinski definition) is 6. The highest BCUT2D eigenvalue weighted by atomic mass is 32.1. The topological polar surface area (TPSA) is 93.2 Å². The Balaban J connectivity index is 1.50. The van der Waals surface area contributed by atoms with Crippen molar-refractivity contribution < 1.29 is 9.53 Å². The molecule has 8 nitrogen and oxygen atoms in total. The summed E-state index contributed by atoms with van der Waals surface area (Å²) in [6.07, 6.45) is 3.72. The smallest absolute Gasteiger partial charge is 0.273 e. The highest BCUT2D eigenvalue weighted by Gasteiger charge is 2.24. The third-order valence-corrected chi connectivity index (χ3v) is 8.86. The second kappa shape index (κ2) is 12.2. The van der Waals surface area contributed by atoms with Gasteiger partial charge in [-0.15, -0.1) is 11.3 Å². The summed E-state index contributed by atoms with van der Waals surface area (Å²) in [6, 6.07) is 35.2. The SMILES string of the molecule is N#C/C(C(=O)N1CCOCC1)=c1/s/c(=C/c2cn(-c3ccccc3)nc2-c2cccc3ccccc23)c(=O)n1-c1ccccc1. The first-order valence-electron chi connectivity index (χ1n) is 14.6. The number of rotatable bonds is 5. The van der Waals surface area contributed by atoms with Gasteiger partial charge in [0.05, 0.1) is 29.1 Å². The van der Waals surface area contributed by atoms with Gasteiger partial charge in [-0.05, 0) is 41.1 Å². The molecule has 1 fully saturated rings. The lowest BCUT2D eigenvalue weighted by Gasteiger charge is -2.26. The van der Waals surface area contributed by atoms with Crippen LogP contribution in [0.1, 0.15) is 5.56 Å². The van der Waals surface area contributed by atoms with Crippen LogP contribution in [-0.2, 0) is 9.53 Å². The molecule has 1 aliphatic rings. The van der Waals surface area contributed by atoms with Crippen LogP contribution in [0, 0.1) is 11.3 Å². The van der Waals surface area contributed by atoms with Gasteiger partial charge in [0.15, 0.2) is 5.57 Å². The van der Waals surface area contributed by atoms with Gasteiger partial charge in [-0.3, -0.25) is 14.2 Å². The lowest BCUT2D eigenvalue weighted by atomic mass is 10.00.